The molecule has 1 atom stereocenters. The summed E-state index contributed by atoms with van der Waals surface area (Å²) in [4.78, 5) is 29.5. The second kappa shape index (κ2) is 8.34. The fourth-order valence-electron chi connectivity index (χ4n) is 5.29. The van der Waals surface area contributed by atoms with E-state index in [-0.39, 0.29) is 23.9 Å². The molecule has 184 valence electrons. The van der Waals surface area contributed by atoms with Crippen molar-refractivity contribution >= 4 is 17.6 Å². The molecule has 3 aromatic carbocycles. The number of fused-ring (bicyclic) bond motifs is 4. The Hall–Kier alpha value is -4.92. The summed E-state index contributed by atoms with van der Waals surface area (Å²) in [5.41, 5.74) is 7.68. The molecule has 0 aliphatic carbocycles. The van der Waals surface area contributed by atoms with Crippen LogP contribution in [0.25, 0.3) is 11.3 Å². The van der Waals surface area contributed by atoms with Crippen molar-refractivity contribution in [2.24, 2.45) is 5.73 Å². The maximum Gasteiger partial charge on any atom is 0.340 e. The number of halogens is 1. The van der Waals surface area contributed by atoms with E-state index in [0.717, 1.165) is 5.56 Å². The maximum absolute atomic E-state index is 14.7. The Bertz CT molecular complexity index is 1600. The Balaban J connectivity index is 1.66. The minimum atomic E-state index is -1.72. The second-order valence-electron chi connectivity index (χ2n) is 8.77. The predicted octanol–water partition coefficient (Wildman–Crippen LogP) is 3.78. The van der Waals surface area contributed by atoms with Gasteiger partial charge in [-0.3, -0.25) is 9.89 Å². The van der Waals surface area contributed by atoms with E-state index in [0.29, 0.717) is 28.1 Å². The summed E-state index contributed by atoms with van der Waals surface area (Å²) in [5, 5.41) is 7.29. The number of hydrogen-bond donors (Lipinski definition) is 2. The van der Waals surface area contributed by atoms with Crippen molar-refractivity contribution in [1.29, 1.82) is 0 Å². The molecule has 1 amide bonds. The average molecular weight is 496 g/mol. The number of esters is 1. The van der Waals surface area contributed by atoms with Gasteiger partial charge in [-0.25, -0.2) is 9.18 Å². The maximum atomic E-state index is 14.7. The summed E-state index contributed by atoms with van der Waals surface area (Å²) in [6.45, 7) is 0.0679. The third-order valence-corrected chi connectivity index (χ3v) is 6.78. The van der Waals surface area contributed by atoms with E-state index in [2.05, 4.69) is 10.2 Å². The van der Waals surface area contributed by atoms with Crippen molar-refractivity contribution < 1.29 is 23.5 Å². The number of amides is 1. The summed E-state index contributed by atoms with van der Waals surface area (Å²) in [5.74, 6) is -1.87. The van der Waals surface area contributed by atoms with Gasteiger partial charge in [0, 0.05) is 16.8 Å². The van der Waals surface area contributed by atoms with Gasteiger partial charge in [-0.15, -0.1) is 5.10 Å². The van der Waals surface area contributed by atoms with E-state index in [9.17, 15) is 14.0 Å². The molecule has 0 radical (unpaired) electrons. The lowest BCUT2D eigenvalue weighted by molar-refractivity contribution is -0.138. The van der Waals surface area contributed by atoms with Crippen molar-refractivity contribution in [3.8, 4) is 17.1 Å². The van der Waals surface area contributed by atoms with Gasteiger partial charge in [-0.1, -0.05) is 60.7 Å². The molecule has 0 bridgehead atoms. The molecule has 1 spiro atoms. The standard InChI is InChI=1S/C28H21FN4O4/c1-36-26(34)22-24(30)37-25-21(23(31-32-25)17-9-3-2-4-10-17)28(22)19-12-5-6-13-20(19)33(27(28)35)15-16-8-7-11-18(29)14-16/h2-14H,15,30H2,1H3,(H,31,32). The lowest BCUT2D eigenvalue weighted by Gasteiger charge is -2.34. The van der Waals surface area contributed by atoms with Crippen molar-refractivity contribution in [3.63, 3.8) is 0 Å². The first-order valence-corrected chi connectivity index (χ1v) is 11.5. The SMILES string of the molecule is COC(=O)C1=C(N)Oc2n[nH]c(-c3ccccc3)c2C12C(=O)N(Cc1cccc(F)c1)c1ccccc12. The Morgan fingerprint density at radius 1 is 1.11 bits per heavy atom. The van der Waals surface area contributed by atoms with Crippen LogP contribution >= 0.6 is 0 Å². The number of carbonyl (C=O) groups excluding carboxylic acids is 2. The van der Waals surface area contributed by atoms with Gasteiger partial charge in [0.1, 0.15) is 16.8 Å². The van der Waals surface area contributed by atoms with E-state index in [1.54, 1.807) is 36.4 Å². The van der Waals surface area contributed by atoms with Gasteiger partial charge < -0.3 is 20.1 Å². The van der Waals surface area contributed by atoms with E-state index in [4.69, 9.17) is 15.2 Å². The lowest BCUT2D eigenvalue weighted by Crippen LogP contribution is -2.48. The van der Waals surface area contributed by atoms with Gasteiger partial charge in [-0.05, 0) is 23.8 Å². The number of hydrogen-bond acceptors (Lipinski definition) is 6. The number of rotatable bonds is 4. The van der Waals surface area contributed by atoms with Crippen molar-refractivity contribution in [2.75, 3.05) is 12.0 Å². The van der Waals surface area contributed by atoms with E-state index in [1.165, 1.54) is 24.1 Å². The van der Waals surface area contributed by atoms with Gasteiger partial charge in [0.15, 0.2) is 0 Å². The fraction of sp³-hybridized carbons (Fsp3) is 0.107. The van der Waals surface area contributed by atoms with Gasteiger partial charge in [-0.2, -0.15) is 0 Å². The van der Waals surface area contributed by atoms with E-state index >= 15 is 0 Å². The molecule has 8 nitrogen and oxygen atoms in total. The molecule has 0 saturated carbocycles. The minimum absolute atomic E-state index is 0.0679. The molecule has 3 heterocycles. The number of carbonyl (C=O) groups is 2. The number of anilines is 1. The Morgan fingerprint density at radius 2 is 1.86 bits per heavy atom. The zero-order valence-corrected chi connectivity index (χ0v) is 19.7. The smallest absolute Gasteiger partial charge is 0.340 e. The molecule has 0 fully saturated rings. The molecule has 4 aromatic rings. The number of aromatic amines is 1. The lowest BCUT2D eigenvalue weighted by atomic mass is 9.68. The van der Waals surface area contributed by atoms with Crippen LogP contribution in [-0.2, 0) is 26.3 Å². The number of benzene rings is 3. The van der Waals surface area contributed by atoms with Crippen molar-refractivity contribution in [2.45, 2.75) is 12.0 Å². The highest BCUT2D eigenvalue weighted by Gasteiger charge is 2.62. The number of nitrogens with two attached hydrogens (primary N) is 1. The number of para-hydroxylation sites is 1. The number of nitrogens with one attached hydrogen (secondary N) is 1. The second-order valence-corrected chi connectivity index (χ2v) is 8.77. The van der Waals surface area contributed by atoms with Crippen LogP contribution in [0.3, 0.4) is 0 Å². The third-order valence-electron chi connectivity index (χ3n) is 6.78. The third kappa shape index (κ3) is 3.17. The topological polar surface area (TPSA) is 111 Å². The first-order valence-electron chi connectivity index (χ1n) is 11.5. The highest BCUT2D eigenvalue weighted by atomic mass is 19.1. The summed E-state index contributed by atoms with van der Waals surface area (Å²) in [7, 11) is 1.22. The van der Waals surface area contributed by atoms with Crippen LogP contribution in [0.15, 0.2) is 90.3 Å². The van der Waals surface area contributed by atoms with Gasteiger partial charge in [0.05, 0.1) is 24.9 Å². The number of H-pyrrole nitrogens is 1. The van der Waals surface area contributed by atoms with Crippen LogP contribution in [0.1, 0.15) is 16.7 Å². The van der Waals surface area contributed by atoms with Crippen molar-refractivity contribution in [1.82, 2.24) is 10.2 Å². The van der Waals surface area contributed by atoms with E-state index < -0.39 is 23.1 Å². The summed E-state index contributed by atoms with van der Waals surface area (Å²) < 4.78 is 24.9. The molecule has 3 N–H and O–H groups in total. The van der Waals surface area contributed by atoms with Crippen molar-refractivity contribution in [3.05, 3.63) is 113 Å². The molecule has 37 heavy (non-hydrogen) atoms. The Morgan fingerprint density at radius 3 is 2.62 bits per heavy atom. The van der Waals surface area contributed by atoms with Crippen LogP contribution in [0.4, 0.5) is 10.1 Å². The zero-order chi connectivity index (χ0) is 25.7. The highest BCUT2D eigenvalue weighted by molar-refractivity contribution is 6.19. The first kappa shape index (κ1) is 22.5. The molecule has 9 heteroatoms. The summed E-state index contributed by atoms with van der Waals surface area (Å²) in [6.07, 6.45) is 0. The van der Waals surface area contributed by atoms with Crippen LogP contribution < -0.4 is 15.4 Å². The number of methoxy groups -OCH3 is 1. The Labute approximate surface area is 211 Å². The molecule has 6 rings (SSSR count). The fourth-order valence-corrected chi connectivity index (χ4v) is 5.29. The largest absolute Gasteiger partial charge is 0.465 e. The molecule has 2 aliphatic rings. The predicted molar refractivity (Wildman–Crippen MR) is 133 cm³/mol. The molecular weight excluding hydrogens is 475 g/mol. The number of nitrogens with zero attached hydrogens (tertiary/aromatic N) is 2. The molecular formula is C28H21FN4O4. The van der Waals surface area contributed by atoms with Crippen LogP contribution in [0.5, 0.6) is 5.88 Å². The zero-order valence-electron chi connectivity index (χ0n) is 19.7. The van der Waals surface area contributed by atoms with Crippen LogP contribution in [0.2, 0.25) is 0 Å². The first-order chi connectivity index (χ1) is 18.0. The molecule has 1 unspecified atom stereocenters. The van der Waals surface area contributed by atoms with Gasteiger partial charge >= 0.3 is 5.97 Å². The van der Waals surface area contributed by atoms with Gasteiger partial charge in [0.25, 0.3) is 0 Å². The highest BCUT2D eigenvalue weighted by Crippen LogP contribution is 2.57. The molecule has 2 aliphatic heterocycles. The minimum Gasteiger partial charge on any atom is -0.465 e. The van der Waals surface area contributed by atoms with E-state index in [1.807, 2.05) is 30.3 Å². The van der Waals surface area contributed by atoms with Crippen LogP contribution in [0, 0.1) is 5.82 Å². The normalized spacial score (nSPS) is 18.0. The summed E-state index contributed by atoms with van der Waals surface area (Å²) in [6, 6.07) is 22.4. The quantitative estimate of drug-likeness (QED) is 0.416. The Kier molecular flexibility index (Phi) is 5.08. The monoisotopic (exact) mass is 496 g/mol. The molecule has 1 aromatic heterocycles. The average Bonchev–Trinajstić information content (AvgIpc) is 3.43. The van der Waals surface area contributed by atoms with Gasteiger partial charge in [0.2, 0.25) is 17.7 Å². The number of ether oxygens (including phenoxy) is 2. The van der Waals surface area contributed by atoms with Crippen LogP contribution in [-0.4, -0.2) is 29.2 Å². The summed E-state index contributed by atoms with van der Waals surface area (Å²) >= 11 is 0. The molecule has 0 saturated heterocycles. The number of aromatic nitrogens is 2.